The van der Waals surface area contributed by atoms with Crippen LogP contribution in [0.4, 0.5) is 0 Å². The van der Waals surface area contributed by atoms with Gasteiger partial charge in [-0.05, 0) is 124 Å². The number of cyclic esters (lactones) is 1. The summed E-state index contributed by atoms with van der Waals surface area (Å²) in [6, 6.07) is 3.51. The van der Waals surface area contributed by atoms with Crippen molar-refractivity contribution < 1.29 is 78.3 Å². The summed E-state index contributed by atoms with van der Waals surface area (Å²) in [5.74, 6) is -6.31. The number of aromatic carboxylic acids is 1. The van der Waals surface area contributed by atoms with Gasteiger partial charge in [-0.1, -0.05) is 38.9 Å². The SMILES string of the molecule is CC[C@@H]1OC(=O)[C@H](C)[C@H](O[C@@H]2C[C@](C)(OC)C(OC(=O)CCNCCCc3cc4c5c(c3)c(=O)c(C(=O)O)cn5CCC4)C(C)O2)[C@@H](C)[C@H](O[C@@H]2OC(C)CC(N(C)C)C2O)[C@](C)(O)C[C@H](C)/C(=N\O)C(C)[C@H](O)[C@@]1(C)O. The van der Waals surface area contributed by atoms with Crippen LogP contribution in [0.5, 0.6) is 0 Å². The number of aryl methyl sites for hydroxylation is 3. The number of esters is 2. The Kier molecular flexibility index (Phi) is 20.6. The number of rotatable bonds is 16. The highest BCUT2D eigenvalue weighted by Crippen LogP contribution is 2.42. The van der Waals surface area contributed by atoms with Gasteiger partial charge >= 0.3 is 17.9 Å². The monoisotopic (exact) mass is 1090 g/mol. The first-order valence-electron chi connectivity index (χ1n) is 27.5. The molecule has 3 fully saturated rings. The van der Waals surface area contributed by atoms with Crippen molar-refractivity contribution in [2.75, 3.05) is 34.3 Å². The predicted molar refractivity (Wildman–Crippen MR) is 284 cm³/mol. The summed E-state index contributed by atoms with van der Waals surface area (Å²) >= 11 is 0. The number of hydrogen-bond donors (Lipinski definition) is 7. The lowest BCUT2D eigenvalue weighted by Crippen LogP contribution is -2.61. The average molecular weight is 1090 g/mol. The fraction of sp³-hybridized carbons (Fsp3) is 0.768. The number of methoxy groups -OCH3 is 1. The van der Waals surface area contributed by atoms with Gasteiger partial charge in [0.25, 0.3) is 0 Å². The third-order valence-electron chi connectivity index (χ3n) is 16.9. The molecule has 1 aromatic heterocycles. The summed E-state index contributed by atoms with van der Waals surface area (Å²) < 4.78 is 46.5. The fourth-order valence-corrected chi connectivity index (χ4v) is 12.6. The third kappa shape index (κ3) is 13.7. The van der Waals surface area contributed by atoms with Gasteiger partial charge in [-0.2, -0.15) is 0 Å². The molecule has 5 heterocycles. The van der Waals surface area contributed by atoms with Gasteiger partial charge in [0.2, 0.25) is 5.43 Å². The number of aliphatic hydroxyl groups excluding tert-OH is 2. The van der Waals surface area contributed by atoms with Crippen molar-refractivity contribution in [3.63, 3.8) is 0 Å². The number of pyridine rings is 1. The number of carbonyl (C=O) groups is 3. The number of nitrogens with one attached hydrogen (secondary N) is 1. The van der Waals surface area contributed by atoms with Gasteiger partial charge in [0.15, 0.2) is 18.7 Å². The van der Waals surface area contributed by atoms with E-state index in [0.717, 1.165) is 29.5 Å². The maximum absolute atomic E-state index is 14.5. The van der Waals surface area contributed by atoms with Crippen LogP contribution in [0.2, 0.25) is 0 Å². The van der Waals surface area contributed by atoms with E-state index in [1.54, 1.807) is 54.5 Å². The fourth-order valence-electron chi connectivity index (χ4n) is 12.6. The molecular formula is C56H88N4O17. The first kappa shape index (κ1) is 62.1. The summed E-state index contributed by atoms with van der Waals surface area (Å²) in [5, 5.41) is 75.4. The van der Waals surface area contributed by atoms with Crippen molar-refractivity contribution in [2.24, 2.45) is 28.8 Å². The van der Waals surface area contributed by atoms with Crippen LogP contribution in [0.25, 0.3) is 10.9 Å². The van der Waals surface area contributed by atoms with Crippen molar-refractivity contribution in [2.45, 2.75) is 218 Å². The molecule has 21 nitrogen and oxygen atoms in total. The van der Waals surface area contributed by atoms with Crippen LogP contribution in [0.15, 0.2) is 28.3 Å². The molecule has 3 saturated heterocycles. The van der Waals surface area contributed by atoms with Crippen LogP contribution in [0, 0.1) is 23.7 Å². The molecule has 6 unspecified atom stereocenters. The summed E-state index contributed by atoms with van der Waals surface area (Å²) in [6.07, 6.45) is -5.90. The molecule has 7 N–H and O–H groups in total. The van der Waals surface area contributed by atoms with E-state index in [2.05, 4.69) is 16.5 Å². The second-order valence-corrected chi connectivity index (χ2v) is 23.3. The lowest BCUT2D eigenvalue weighted by molar-refractivity contribution is -0.318. The summed E-state index contributed by atoms with van der Waals surface area (Å²) in [7, 11) is 5.17. The van der Waals surface area contributed by atoms with Crippen LogP contribution in [-0.2, 0) is 62.1 Å². The van der Waals surface area contributed by atoms with Crippen LogP contribution in [-0.4, -0.2) is 182 Å². The maximum atomic E-state index is 14.5. The van der Waals surface area contributed by atoms with E-state index in [9.17, 15) is 49.9 Å². The van der Waals surface area contributed by atoms with Crippen LogP contribution in [0.3, 0.4) is 0 Å². The number of carbonyl (C=O) groups excluding carboxylic acids is 2. The van der Waals surface area contributed by atoms with Crippen molar-refractivity contribution in [3.05, 3.63) is 45.2 Å². The van der Waals surface area contributed by atoms with Crippen molar-refractivity contribution in [1.82, 2.24) is 14.8 Å². The highest BCUT2D eigenvalue weighted by molar-refractivity contribution is 5.94. The molecule has 0 amide bonds. The van der Waals surface area contributed by atoms with Gasteiger partial charge in [-0.3, -0.25) is 14.4 Å². The lowest BCUT2D eigenvalue weighted by atomic mass is 9.73. The molecule has 21 heteroatoms. The predicted octanol–water partition coefficient (Wildman–Crippen LogP) is 4.17. The Morgan fingerprint density at radius 1 is 0.961 bits per heavy atom. The topological polar surface area (TPSA) is 287 Å². The molecule has 0 bridgehead atoms. The second kappa shape index (κ2) is 25.5. The van der Waals surface area contributed by atoms with Crippen molar-refractivity contribution in [1.29, 1.82) is 0 Å². The van der Waals surface area contributed by atoms with E-state index in [-0.39, 0.29) is 49.1 Å². The highest BCUT2D eigenvalue weighted by atomic mass is 16.7. The Morgan fingerprint density at radius 3 is 2.30 bits per heavy atom. The number of aliphatic hydroxyl groups is 4. The van der Waals surface area contributed by atoms with Gasteiger partial charge < -0.3 is 78.7 Å². The van der Waals surface area contributed by atoms with Gasteiger partial charge in [0.1, 0.15) is 29.0 Å². The van der Waals surface area contributed by atoms with E-state index in [0.29, 0.717) is 44.3 Å². The highest BCUT2D eigenvalue weighted by Gasteiger charge is 2.54. The molecule has 1 aromatic carbocycles. The summed E-state index contributed by atoms with van der Waals surface area (Å²) in [5.41, 5.74) is -2.93. The molecule has 0 spiro atoms. The molecular weight excluding hydrogens is 1000 g/mol. The first-order chi connectivity index (χ1) is 36.1. The molecule has 77 heavy (non-hydrogen) atoms. The van der Waals surface area contributed by atoms with Crippen LogP contribution in [0.1, 0.15) is 136 Å². The lowest BCUT2D eigenvalue weighted by Gasteiger charge is -2.49. The number of nitrogens with zero attached hydrogens (tertiary/aromatic N) is 3. The molecule has 4 aliphatic rings. The Bertz CT molecular complexity index is 2460. The number of aromatic nitrogens is 1. The summed E-state index contributed by atoms with van der Waals surface area (Å²) in [4.78, 5) is 54.9. The Balaban J connectivity index is 1.19. The number of ether oxygens (including phenoxy) is 7. The van der Waals surface area contributed by atoms with E-state index < -0.39 is 119 Å². The van der Waals surface area contributed by atoms with E-state index >= 15 is 0 Å². The number of hydrogen-bond acceptors (Lipinski definition) is 19. The molecule has 2 aromatic rings. The van der Waals surface area contributed by atoms with E-state index in [1.165, 1.54) is 27.2 Å². The normalized spacial score (nSPS) is 38.1. The molecule has 6 rings (SSSR count). The minimum Gasteiger partial charge on any atom is -0.477 e. The van der Waals surface area contributed by atoms with E-state index in [1.807, 2.05) is 30.5 Å². The molecule has 4 aliphatic heterocycles. The Hall–Kier alpha value is -4.13. The zero-order chi connectivity index (χ0) is 57.1. The largest absolute Gasteiger partial charge is 0.477 e. The molecule has 0 radical (unpaired) electrons. The Labute approximate surface area is 452 Å². The maximum Gasteiger partial charge on any atom is 0.341 e. The number of likely N-dealkylation sites (N-methyl/N-ethyl adjacent to an activating group) is 1. The summed E-state index contributed by atoms with van der Waals surface area (Å²) in [6.45, 7) is 18.1. The minimum absolute atomic E-state index is 0.00903. The third-order valence-corrected chi connectivity index (χ3v) is 16.9. The quantitative estimate of drug-likeness (QED) is 0.0537. The second-order valence-electron chi connectivity index (χ2n) is 23.3. The zero-order valence-corrected chi connectivity index (χ0v) is 47.4. The van der Waals surface area contributed by atoms with Crippen molar-refractivity contribution in [3.8, 4) is 0 Å². The smallest absolute Gasteiger partial charge is 0.341 e. The van der Waals surface area contributed by atoms with Gasteiger partial charge in [0, 0.05) is 62.0 Å². The number of benzene rings is 1. The molecule has 0 aliphatic carbocycles. The van der Waals surface area contributed by atoms with Crippen LogP contribution < -0.4 is 10.7 Å². The molecule has 18 atom stereocenters. The van der Waals surface area contributed by atoms with E-state index in [4.69, 9.17) is 33.2 Å². The van der Waals surface area contributed by atoms with Crippen molar-refractivity contribution >= 4 is 34.5 Å². The minimum atomic E-state index is -2.03. The molecule has 0 saturated carbocycles. The zero-order valence-electron chi connectivity index (χ0n) is 47.4. The standard InChI is InChI=1S/C56H88N4O17/c1-14-40-56(10,69)48(64)31(4)43(58-70)29(2)26-54(8,68)49(77-53-46(63)39(59(11)12)23-30(3)72-53)32(5)47(33(6)52(67)74-40)76-42-27-55(9,71-13)50(34(7)73-42)75-41(61)19-21-57-20-15-17-35-24-36-18-16-22-60-28-38(51(65)66)45(62)37(25-35)44(36)60/h24-25,28-34,39-40,42,46-50,53,57,63-64,68-70H,14-23,26-27H2,1-13H3,(H,65,66)/b58-43+/t29-,30?,31?,32+,33+,34?,39?,40-,42+,46?,47+,48-,49-,50?,53-,54+,55-,56-/m0/s1. The van der Waals surface area contributed by atoms with Crippen LogP contribution >= 0.6 is 0 Å². The number of carboxylic acids is 1. The van der Waals surface area contributed by atoms with Gasteiger partial charge in [-0.25, -0.2) is 4.79 Å². The number of carboxylic acid groups (broad SMARTS) is 1. The van der Waals surface area contributed by atoms with Gasteiger partial charge in [0.05, 0.1) is 59.7 Å². The number of oxime groups is 1. The van der Waals surface area contributed by atoms with Gasteiger partial charge in [-0.15, -0.1) is 0 Å². The Morgan fingerprint density at radius 2 is 1.66 bits per heavy atom. The first-order valence-corrected chi connectivity index (χ1v) is 27.5. The average Bonchev–Trinajstić information content (AvgIpc) is 3.40. The molecule has 434 valence electrons.